The minimum absolute atomic E-state index is 0.0946. The number of ether oxygens (including phenoxy) is 3. The molecule has 1 aliphatic heterocycles. The molecule has 0 radical (unpaired) electrons. The molecule has 0 aliphatic carbocycles. The molecule has 4 rings (SSSR count). The average Bonchev–Trinajstić information content (AvgIpc) is 3.16. The average molecular weight is 486 g/mol. The van der Waals surface area contributed by atoms with E-state index in [2.05, 4.69) is 10.3 Å². The number of nitrogens with one attached hydrogen (secondary N) is 1. The first-order chi connectivity index (χ1) is 16.2. The highest BCUT2D eigenvalue weighted by Gasteiger charge is 2.27. The number of aryl methyl sites for hydroxylation is 1. The van der Waals surface area contributed by atoms with Crippen LogP contribution < -0.4 is 15.6 Å². The number of benzene rings is 1. The van der Waals surface area contributed by atoms with Gasteiger partial charge in [0, 0.05) is 12.7 Å². The summed E-state index contributed by atoms with van der Waals surface area (Å²) in [5.41, 5.74) is 0.726. The van der Waals surface area contributed by atoms with Crippen LogP contribution in [0, 0.1) is 6.92 Å². The first kappa shape index (κ1) is 23.6. The van der Waals surface area contributed by atoms with Gasteiger partial charge in [0.15, 0.2) is 11.9 Å². The largest absolute Gasteiger partial charge is 0.479 e. The van der Waals surface area contributed by atoms with Crippen molar-refractivity contribution in [3.63, 3.8) is 0 Å². The van der Waals surface area contributed by atoms with Gasteiger partial charge in [-0.3, -0.25) is 19.0 Å². The molecule has 2 atom stereocenters. The van der Waals surface area contributed by atoms with Crippen molar-refractivity contribution in [1.29, 1.82) is 0 Å². The topological polar surface area (TPSA) is 126 Å². The van der Waals surface area contributed by atoms with Crippen molar-refractivity contribution in [1.82, 2.24) is 9.55 Å². The van der Waals surface area contributed by atoms with Crippen molar-refractivity contribution in [2.24, 2.45) is 0 Å². The van der Waals surface area contributed by atoms with Crippen LogP contribution in [0.5, 0.6) is 5.75 Å². The number of ketones is 1. The number of hydrogen-bond acceptors (Lipinski definition) is 9. The highest BCUT2D eigenvalue weighted by molar-refractivity contribution is 7.20. The summed E-state index contributed by atoms with van der Waals surface area (Å²) in [7, 11) is 1.50. The Hall–Kier alpha value is -3.57. The van der Waals surface area contributed by atoms with Gasteiger partial charge in [-0.2, -0.15) is 0 Å². The number of aromatic nitrogens is 2. The van der Waals surface area contributed by atoms with Crippen LogP contribution in [0.4, 0.5) is 5.69 Å². The summed E-state index contributed by atoms with van der Waals surface area (Å²) in [4.78, 5) is 55.7. The number of rotatable bonds is 7. The van der Waals surface area contributed by atoms with E-state index in [-0.39, 0.29) is 35.2 Å². The predicted molar refractivity (Wildman–Crippen MR) is 125 cm³/mol. The molecule has 0 saturated heterocycles. The fraction of sp³-hybridized carbons (Fsp3) is 0.348. The van der Waals surface area contributed by atoms with Gasteiger partial charge in [0.25, 0.3) is 11.5 Å². The maximum atomic E-state index is 13.3. The molecule has 1 aliphatic rings. The maximum absolute atomic E-state index is 13.3. The Balaban J connectivity index is 1.64. The molecule has 10 nitrogen and oxygen atoms in total. The third-order valence-electron chi connectivity index (χ3n) is 5.57. The molecule has 34 heavy (non-hydrogen) atoms. The number of methoxy groups -OCH3 is 1. The number of thiophene rings is 1. The van der Waals surface area contributed by atoms with Crippen molar-refractivity contribution in [3.8, 4) is 5.75 Å². The molecule has 0 fully saturated rings. The molecule has 3 heterocycles. The van der Waals surface area contributed by atoms with Crippen LogP contribution in [-0.4, -0.2) is 53.6 Å². The van der Waals surface area contributed by atoms with Crippen molar-refractivity contribution >= 4 is 44.9 Å². The van der Waals surface area contributed by atoms with Gasteiger partial charge in [0.2, 0.25) is 0 Å². The highest BCUT2D eigenvalue weighted by atomic mass is 32.1. The van der Waals surface area contributed by atoms with Crippen molar-refractivity contribution in [3.05, 3.63) is 50.9 Å². The normalized spacial score (nSPS) is 15.9. The SMILES string of the molecule is COCCOC(=O)c1sc2ncn(C(C)C(=O)c3ccc4c(c3)NC(=O)C(C)O4)c(=O)c2c1C. The van der Waals surface area contributed by atoms with E-state index in [0.29, 0.717) is 27.4 Å². The summed E-state index contributed by atoms with van der Waals surface area (Å²) in [6, 6.07) is 3.85. The van der Waals surface area contributed by atoms with E-state index in [4.69, 9.17) is 14.2 Å². The Bertz CT molecular complexity index is 1360. The van der Waals surface area contributed by atoms with Crippen molar-refractivity contribution in [2.75, 3.05) is 25.6 Å². The van der Waals surface area contributed by atoms with Crippen LogP contribution in [0.3, 0.4) is 0 Å². The summed E-state index contributed by atoms with van der Waals surface area (Å²) in [6.07, 6.45) is 0.675. The monoisotopic (exact) mass is 485 g/mol. The smallest absolute Gasteiger partial charge is 0.348 e. The van der Waals surface area contributed by atoms with E-state index in [0.717, 1.165) is 11.3 Å². The molecule has 178 valence electrons. The quantitative estimate of drug-likeness (QED) is 0.308. The zero-order chi connectivity index (χ0) is 24.6. The number of anilines is 1. The predicted octanol–water partition coefficient (Wildman–Crippen LogP) is 2.73. The van der Waals surface area contributed by atoms with Crippen LogP contribution in [-0.2, 0) is 14.3 Å². The Morgan fingerprint density at radius 1 is 1.29 bits per heavy atom. The first-order valence-electron chi connectivity index (χ1n) is 10.5. The molecule has 0 bridgehead atoms. The lowest BCUT2D eigenvalue weighted by Crippen LogP contribution is -2.34. The molecule has 3 aromatic rings. The molecule has 2 aromatic heterocycles. The molecular weight excluding hydrogens is 462 g/mol. The van der Waals surface area contributed by atoms with Crippen molar-refractivity contribution < 1.29 is 28.6 Å². The van der Waals surface area contributed by atoms with Gasteiger partial charge in [0.05, 0.1) is 30.0 Å². The summed E-state index contributed by atoms with van der Waals surface area (Å²) >= 11 is 1.07. The lowest BCUT2D eigenvalue weighted by Gasteiger charge is -2.24. The Morgan fingerprint density at radius 2 is 2.06 bits per heavy atom. The second-order valence-corrected chi connectivity index (χ2v) is 8.82. The number of esters is 1. The Kier molecular flexibility index (Phi) is 6.49. The Labute approximate surface area is 198 Å². The molecule has 11 heteroatoms. The van der Waals surface area contributed by atoms with Gasteiger partial charge in [-0.15, -0.1) is 11.3 Å². The van der Waals surface area contributed by atoms with Crippen LogP contribution in [0.15, 0.2) is 29.3 Å². The minimum atomic E-state index is -0.877. The van der Waals surface area contributed by atoms with Crippen LogP contribution in [0.2, 0.25) is 0 Å². The molecule has 1 N–H and O–H groups in total. The van der Waals surface area contributed by atoms with E-state index in [9.17, 15) is 19.2 Å². The van der Waals surface area contributed by atoms with E-state index >= 15 is 0 Å². The zero-order valence-electron chi connectivity index (χ0n) is 19.0. The molecular formula is C23H23N3O7S. The molecule has 2 unspecified atom stereocenters. The minimum Gasteiger partial charge on any atom is -0.479 e. The fourth-order valence-corrected chi connectivity index (χ4v) is 4.65. The van der Waals surface area contributed by atoms with Crippen LogP contribution in [0.1, 0.15) is 45.5 Å². The van der Waals surface area contributed by atoms with Crippen LogP contribution >= 0.6 is 11.3 Å². The van der Waals surface area contributed by atoms with E-state index in [1.807, 2.05) is 0 Å². The van der Waals surface area contributed by atoms with Gasteiger partial charge in [-0.05, 0) is 44.5 Å². The number of carbonyl (C=O) groups is 3. The second-order valence-electron chi connectivity index (χ2n) is 7.82. The second kappa shape index (κ2) is 9.35. The lowest BCUT2D eigenvalue weighted by atomic mass is 10.0. The van der Waals surface area contributed by atoms with Gasteiger partial charge in [0.1, 0.15) is 22.1 Å². The van der Waals surface area contributed by atoms with E-state index < -0.39 is 23.7 Å². The third-order valence-corrected chi connectivity index (χ3v) is 6.75. The number of fused-ring (bicyclic) bond motifs is 2. The summed E-state index contributed by atoms with van der Waals surface area (Å²) in [5.74, 6) is -0.734. The summed E-state index contributed by atoms with van der Waals surface area (Å²) < 4.78 is 16.8. The number of amides is 1. The van der Waals surface area contributed by atoms with Gasteiger partial charge >= 0.3 is 5.97 Å². The summed E-state index contributed by atoms with van der Waals surface area (Å²) in [6.45, 7) is 5.23. The number of Topliss-reactive ketones (excluding diaryl/α,β-unsaturated/α-hetero) is 1. The van der Waals surface area contributed by atoms with Crippen LogP contribution in [0.25, 0.3) is 10.2 Å². The van der Waals surface area contributed by atoms with E-state index in [1.54, 1.807) is 32.9 Å². The lowest BCUT2D eigenvalue weighted by molar-refractivity contribution is -0.122. The molecule has 1 amide bonds. The molecule has 1 aromatic carbocycles. The first-order valence-corrected chi connectivity index (χ1v) is 11.4. The number of carbonyl (C=O) groups excluding carboxylic acids is 3. The molecule has 0 spiro atoms. The number of hydrogen-bond donors (Lipinski definition) is 1. The van der Waals surface area contributed by atoms with E-state index in [1.165, 1.54) is 24.1 Å². The Morgan fingerprint density at radius 3 is 2.79 bits per heavy atom. The highest BCUT2D eigenvalue weighted by Crippen LogP contribution is 2.32. The van der Waals surface area contributed by atoms with Crippen molar-refractivity contribution in [2.45, 2.75) is 32.9 Å². The van der Waals surface area contributed by atoms with Gasteiger partial charge in [-0.1, -0.05) is 0 Å². The standard InChI is InChI=1S/C23H23N3O7S/c1-11-17-21(34-19(11)23(30)32-8-7-31-4)24-10-26(22(17)29)12(2)18(27)14-5-6-16-15(9-14)25-20(28)13(3)33-16/h5-6,9-10,12-13H,7-8H2,1-4H3,(H,25,28). The summed E-state index contributed by atoms with van der Waals surface area (Å²) in [5, 5.41) is 2.98. The number of nitrogens with zero attached hydrogens (tertiary/aromatic N) is 2. The zero-order valence-corrected chi connectivity index (χ0v) is 19.9. The molecule has 0 saturated carbocycles. The fourth-order valence-electron chi connectivity index (χ4n) is 3.62. The maximum Gasteiger partial charge on any atom is 0.348 e. The third kappa shape index (κ3) is 4.19. The van der Waals surface area contributed by atoms with Gasteiger partial charge < -0.3 is 19.5 Å². The van der Waals surface area contributed by atoms with Gasteiger partial charge in [-0.25, -0.2) is 9.78 Å².